The fourth-order valence-electron chi connectivity index (χ4n) is 2.29. The van der Waals surface area contributed by atoms with Crippen LogP contribution < -0.4 is 0 Å². The van der Waals surface area contributed by atoms with Gasteiger partial charge < -0.3 is 0 Å². The largest absolute Gasteiger partial charge is 0.346 e. The van der Waals surface area contributed by atoms with Gasteiger partial charge in [-0.2, -0.15) is 0 Å². The summed E-state index contributed by atoms with van der Waals surface area (Å²) in [5.74, 6) is 0. The van der Waals surface area contributed by atoms with Crippen molar-refractivity contribution in [2.24, 2.45) is 5.41 Å². The molecule has 0 spiro atoms. The van der Waals surface area contributed by atoms with Crippen LogP contribution in [0.3, 0.4) is 0 Å². The van der Waals surface area contributed by atoms with Crippen molar-refractivity contribution in [3.63, 3.8) is 0 Å². The zero-order chi connectivity index (χ0) is 15.2. The number of hydrogen-bond acceptors (Lipinski definition) is 0. The van der Waals surface area contributed by atoms with E-state index in [2.05, 4.69) is 59.7 Å². The zero-order valence-electron chi connectivity index (χ0n) is 14.1. The van der Waals surface area contributed by atoms with Crippen LogP contribution in [-0.2, 0) is 6.42 Å². The van der Waals surface area contributed by atoms with Crippen LogP contribution in [0.25, 0.3) is 4.85 Å². The van der Waals surface area contributed by atoms with E-state index in [0.717, 1.165) is 24.9 Å². The molecule has 0 aliphatic rings. The fourth-order valence-corrected chi connectivity index (χ4v) is 2.29. The Balaban J connectivity index is 3.15. The van der Waals surface area contributed by atoms with Gasteiger partial charge in [-0.3, -0.25) is 0 Å². The van der Waals surface area contributed by atoms with Crippen LogP contribution in [0.5, 0.6) is 0 Å². The van der Waals surface area contributed by atoms with Gasteiger partial charge in [0.15, 0.2) is 0 Å². The third-order valence-corrected chi connectivity index (χ3v) is 4.54. The molecule has 1 rings (SSSR count). The lowest BCUT2D eigenvalue weighted by atomic mass is 9.87. The van der Waals surface area contributed by atoms with Gasteiger partial charge >= 0.3 is 5.69 Å². The zero-order valence-corrected chi connectivity index (χ0v) is 14.1. The van der Waals surface area contributed by atoms with E-state index in [0.29, 0.717) is 0 Å². The van der Waals surface area contributed by atoms with Gasteiger partial charge in [0.25, 0.3) is 6.07 Å². The lowest BCUT2D eigenvalue weighted by molar-refractivity contribution is 0.415. The van der Waals surface area contributed by atoms with Gasteiger partial charge in [0.2, 0.25) is 0 Å². The molecule has 0 amide bonds. The minimum Gasteiger partial charge on any atom is -0.0654 e. The lowest BCUT2D eigenvalue weighted by Crippen LogP contribution is -2.09. The first-order chi connectivity index (χ1) is 9.47. The Hall–Kier alpha value is -1.29. The van der Waals surface area contributed by atoms with Gasteiger partial charge in [-0.15, -0.1) is 0 Å². The maximum absolute atomic E-state index is 4.74. The van der Waals surface area contributed by atoms with E-state index in [9.17, 15) is 0 Å². The lowest BCUT2D eigenvalue weighted by Gasteiger charge is -2.11. The molecule has 0 saturated carbocycles. The van der Waals surface area contributed by atoms with Crippen molar-refractivity contribution in [1.82, 2.24) is 0 Å². The Morgan fingerprint density at radius 1 is 1.10 bits per heavy atom. The summed E-state index contributed by atoms with van der Waals surface area (Å²) in [6.07, 6.45) is 5.81. The molecular weight excluding hydrogens is 242 g/mol. The molecule has 0 saturated heterocycles. The van der Waals surface area contributed by atoms with Crippen LogP contribution >= 0.6 is 0 Å². The average molecular weight is 272 g/mol. The number of hydrogen-bond donors (Lipinski definition) is 0. The quantitative estimate of drug-likeness (QED) is 0.581. The smallest absolute Gasteiger partial charge is 0.0654 e. The molecule has 1 aromatic rings. The average Bonchev–Trinajstić information content (AvgIpc) is 2.46. The Labute approximate surface area is 125 Å². The van der Waals surface area contributed by atoms with Gasteiger partial charge in [0.1, 0.15) is 5.41 Å². The topological polar surface area (TPSA) is 4.36 Å². The van der Waals surface area contributed by atoms with Crippen LogP contribution in [-0.4, -0.2) is 0 Å². The van der Waals surface area contributed by atoms with Gasteiger partial charge in [-0.1, -0.05) is 39.3 Å². The molecule has 0 unspecified atom stereocenters. The highest BCUT2D eigenvalue weighted by Crippen LogP contribution is 2.30. The van der Waals surface area contributed by atoms with Crippen LogP contribution in [0, 0.1) is 25.3 Å². The molecule has 0 bridgehead atoms. The summed E-state index contributed by atoms with van der Waals surface area (Å²) in [6.45, 7) is 13.2. The molecule has 0 N–H and O–H groups in total. The van der Waals surface area contributed by atoms with E-state index in [1.165, 1.54) is 29.5 Å². The Bertz CT molecular complexity index is 498. The number of benzene rings is 1. The summed E-state index contributed by atoms with van der Waals surface area (Å²) in [5, 5.41) is 0. The molecule has 1 nitrogen and oxygen atoms in total. The van der Waals surface area contributed by atoms with Crippen molar-refractivity contribution >= 4 is 5.69 Å². The van der Waals surface area contributed by atoms with Crippen molar-refractivity contribution in [3.05, 3.63) is 33.7 Å². The van der Waals surface area contributed by atoms with Crippen LogP contribution in [0.15, 0.2) is 12.1 Å². The molecule has 1 aromatic carbocycles. The summed E-state index contributed by atoms with van der Waals surface area (Å²) >= 11 is 0. The van der Waals surface area contributed by atoms with Gasteiger partial charge in [0, 0.05) is 11.1 Å². The first kappa shape index (κ1) is 16.8. The van der Waals surface area contributed by atoms with Crippen molar-refractivity contribution in [2.75, 3.05) is 0 Å². The standard InChI is InChI=1S/C19H30N/c1-7-10-11-17-13-12-15(4)18(16(17)5)20-14-19(6,8-2)9-3/h12-13H,7-11H2,1-6H3/q+1. The normalized spacial score (nSPS) is 11.1. The first-order valence-electron chi connectivity index (χ1n) is 8.04. The third-order valence-electron chi connectivity index (χ3n) is 4.54. The minimum absolute atomic E-state index is 0.0955. The number of rotatable bonds is 5. The summed E-state index contributed by atoms with van der Waals surface area (Å²) < 4.78 is 0. The number of nitrogens with zero attached hydrogens (tertiary/aromatic N) is 1. The van der Waals surface area contributed by atoms with Crippen molar-refractivity contribution in [3.8, 4) is 6.07 Å². The molecule has 0 heterocycles. The molecule has 20 heavy (non-hydrogen) atoms. The summed E-state index contributed by atoms with van der Waals surface area (Å²) in [6, 6.07) is 7.87. The van der Waals surface area contributed by atoms with E-state index in [-0.39, 0.29) is 5.41 Å². The third kappa shape index (κ3) is 4.10. The van der Waals surface area contributed by atoms with E-state index < -0.39 is 0 Å². The Kier molecular flexibility index (Phi) is 6.27. The maximum Gasteiger partial charge on any atom is 0.346 e. The highest BCUT2D eigenvalue weighted by atomic mass is 14.7. The van der Waals surface area contributed by atoms with E-state index in [1.807, 2.05) is 0 Å². The van der Waals surface area contributed by atoms with E-state index in [1.54, 1.807) is 0 Å². The molecule has 0 fully saturated rings. The monoisotopic (exact) mass is 272 g/mol. The second-order valence-electron chi connectivity index (χ2n) is 6.11. The summed E-state index contributed by atoms with van der Waals surface area (Å²) in [5.41, 5.74) is 5.25. The summed E-state index contributed by atoms with van der Waals surface area (Å²) in [7, 11) is 0. The van der Waals surface area contributed by atoms with Crippen LogP contribution in [0.1, 0.15) is 70.1 Å². The summed E-state index contributed by atoms with van der Waals surface area (Å²) in [4.78, 5) is 4.74. The molecule has 0 aliphatic heterocycles. The second-order valence-corrected chi connectivity index (χ2v) is 6.11. The van der Waals surface area contributed by atoms with Gasteiger partial charge in [0.05, 0.1) is 0 Å². The molecule has 1 heteroatoms. The Morgan fingerprint density at radius 3 is 2.30 bits per heavy atom. The van der Waals surface area contributed by atoms with Crippen molar-refractivity contribution in [2.45, 2.75) is 73.6 Å². The van der Waals surface area contributed by atoms with Crippen LogP contribution in [0.2, 0.25) is 0 Å². The van der Waals surface area contributed by atoms with E-state index >= 15 is 0 Å². The fraction of sp³-hybridized carbons (Fsp3) is 0.632. The molecular formula is C19H30N+. The minimum atomic E-state index is 0.0955. The predicted molar refractivity (Wildman–Crippen MR) is 90.1 cm³/mol. The van der Waals surface area contributed by atoms with Crippen molar-refractivity contribution in [1.29, 1.82) is 0 Å². The Morgan fingerprint density at radius 2 is 1.75 bits per heavy atom. The molecule has 0 radical (unpaired) electrons. The molecule has 0 atom stereocenters. The number of unbranched alkanes of at least 4 members (excludes halogenated alkanes) is 1. The maximum atomic E-state index is 4.74. The van der Waals surface area contributed by atoms with Gasteiger partial charge in [-0.05, 0) is 56.9 Å². The second kappa shape index (κ2) is 7.48. The molecule has 0 aromatic heterocycles. The first-order valence-corrected chi connectivity index (χ1v) is 8.04. The number of aryl methyl sites for hydroxylation is 2. The highest BCUT2D eigenvalue weighted by molar-refractivity contribution is 5.61. The van der Waals surface area contributed by atoms with Gasteiger partial charge in [-0.25, -0.2) is 0 Å². The van der Waals surface area contributed by atoms with Crippen LogP contribution in [0.4, 0.5) is 5.69 Å². The molecule has 0 aliphatic carbocycles. The SMILES string of the molecule is CCCCc1ccc(C)c([N+]#CC(C)(CC)CC)c1C. The molecule has 110 valence electrons. The van der Waals surface area contributed by atoms with E-state index in [4.69, 9.17) is 4.85 Å². The highest BCUT2D eigenvalue weighted by Gasteiger charge is 2.25. The van der Waals surface area contributed by atoms with Crippen molar-refractivity contribution < 1.29 is 0 Å². The predicted octanol–water partition coefficient (Wildman–Crippen LogP) is 6.44.